The molecule has 0 aliphatic carbocycles. The van der Waals surface area contributed by atoms with E-state index in [4.69, 9.17) is 5.14 Å². The first kappa shape index (κ1) is 12.6. The SMILES string of the molecule is CCC(c1ccc([N+](=O)[O-])cc1)S(N)(=O)=O. The van der Waals surface area contributed by atoms with Crippen molar-refractivity contribution in [3.8, 4) is 0 Å². The highest BCUT2D eigenvalue weighted by Crippen LogP contribution is 2.25. The maximum absolute atomic E-state index is 11.2. The minimum atomic E-state index is -3.67. The van der Waals surface area contributed by atoms with E-state index in [0.717, 1.165) is 0 Å². The van der Waals surface area contributed by atoms with Crippen LogP contribution in [0.2, 0.25) is 0 Å². The quantitative estimate of drug-likeness (QED) is 0.637. The zero-order valence-electron chi connectivity index (χ0n) is 8.66. The molecule has 0 saturated carbocycles. The molecule has 16 heavy (non-hydrogen) atoms. The van der Waals surface area contributed by atoms with Gasteiger partial charge in [0, 0.05) is 12.1 Å². The van der Waals surface area contributed by atoms with E-state index >= 15 is 0 Å². The summed E-state index contributed by atoms with van der Waals surface area (Å²) in [6.07, 6.45) is 0.330. The molecular formula is C9H12N2O4S. The van der Waals surface area contributed by atoms with Crippen LogP contribution in [0.1, 0.15) is 24.2 Å². The molecule has 7 heteroatoms. The Morgan fingerprint density at radius 2 is 1.88 bits per heavy atom. The van der Waals surface area contributed by atoms with Crippen LogP contribution < -0.4 is 5.14 Å². The van der Waals surface area contributed by atoms with Crippen LogP contribution in [0.25, 0.3) is 0 Å². The summed E-state index contributed by atoms with van der Waals surface area (Å²) in [4.78, 5) is 9.87. The Kier molecular flexibility index (Phi) is 3.61. The van der Waals surface area contributed by atoms with Crippen molar-refractivity contribution in [2.24, 2.45) is 5.14 Å². The Morgan fingerprint density at radius 1 is 1.38 bits per heavy atom. The average Bonchev–Trinajstić information content (AvgIpc) is 2.17. The second kappa shape index (κ2) is 4.58. The molecule has 0 radical (unpaired) electrons. The van der Waals surface area contributed by atoms with Gasteiger partial charge in [0.2, 0.25) is 10.0 Å². The molecule has 1 unspecified atom stereocenters. The molecule has 0 bridgehead atoms. The van der Waals surface area contributed by atoms with Crippen LogP contribution in [0, 0.1) is 10.1 Å². The smallest absolute Gasteiger partial charge is 0.258 e. The van der Waals surface area contributed by atoms with Gasteiger partial charge in [-0.3, -0.25) is 10.1 Å². The largest absolute Gasteiger partial charge is 0.269 e. The van der Waals surface area contributed by atoms with Gasteiger partial charge >= 0.3 is 0 Å². The Labute approximate surface area is 93.3 Å². The Hall–Kier alpha value is -1.47. The standard InChI is InChI=1S/C9H12N2O4S/c1-2-9(16(10,14)15)7-3-5-8(6-4-7)11(12)13/h3-6,9H,2H2,1H3,(H2,10,14,15). The van der Waals surface area contributed by atoms with E-state index in [2.05, 4.69) is 0 Å². The summed E-state index contributed by atoms with van der Waals surface area (Å²) in [5.41, 5.74) is 0.392. The molecule has 0 aliphatic heterocycles. The third kappa shape index (κ3) is 2.77. The fourth-order valence-electron chi connectivity index (χ4n) is 1.47. The molecule has 2 N–H and O–H groups in total. The third-order valence-electron chi connectivity index (χ3n) is 2.24. The van der Waals surface area contributed by atoms with E-state index in [1.165, 1.54) is 24.3 Å². The van der Waals surface area contributed by atoms with Gasteiger partial charge in [0.1, 0.15) is 0 Å². The normalized spacial score (nSPS) is 13.4. The molecule has 1 aromatic rings. The molecule has 1 rings (SSSR count). The summed E-state index contributed by atoms with van der Waals surface area (Å²) < 4.78 is 22.5. The molecule has 0 fully saturated rings. The number of sulfonamides is 1. The third-order valence-corrected chi connectivity index (χ3v) is 3.64. The maximum atomic E-state index is 11.2. The molecular weight excluding hydrogens is 232 g/mol. The number of primary sulfonamides is 1. The van der Waals surface area contributed by atoms with Crippen molar-refractivity contribution in [3.63, 3.8) is 0 Å². The Morgan fingerprint density at radius 3 is 2.19 bits per heavy atom. The van der Waals surface area contributed by atoms with Crippen molar-refractivity contribution in [1.29, 1.82) is 0 Å². The number of non-ortho nitro benzene ring substituents is 1. The lowest BCUT2D eigenvalue weighted by molar-refractivity contribution is -0.384. The number of hydrogen-bond donors (Lipinski definition) is 1. The Balaban J connectivity index is 3.10. The first-order valence-electron chi connectivity index (χ1n) is 4.62. The lowest BCUT2D eigenvalue weighted by Gasteiger charge is -2.12. The molecule has 1 aromatic carbocycles. The summed E-state index contributed by atoms with van der Waals surface area (Å²) in [7, 11) is -3.67. The van der Waals surface area contributed by atoms with Gasteiger partial charge in [-0.1, -0.05) is 19.1 Å². The lowest BCUT2D eigenvalue weighted by atomic mass is 10.1. The van der Waals surface area contributed by atoms with Crippen LogP contribution in [0.3, 0.4) is 0 Å². The zero-order valence-corrected chi connectivity index (χ0v) is 9.48. The van der Waals surface area contributed by atoms with Gasteiger partial charge in [-0.05, 0) is 12.0 Å². The van der Waals surface area contributed by atoms with Crippen LogP contribution in [-0.2, 0) is 10.0 Å². The molecule has 6 nitrogen and oxygen atoms in total. The number of benzene rings is 1. The van der Waals surface area contributed by atoms with Crippen molar-refractivity contribution in [2.75, 3.05) is 0 Å². The zero-order chi connectivity index (χ0) is 12.3. The second-order valence-corrected chi connectivity index (χ2v) is 5.08. The number of nitro groups is 1. The number of nitrogens with two attached hydrogens (primary N) is 1. The second-order valence-electron chi connectivity index (χ2n) is 3.33. The molecule has 0 amide bonds. The van der Waals surface area contributed by atoms with Crippen LogP contribution in [-0.4, -0.2) is 13.3 Å². The van der Waals surface area contributed by atoms with Crippen LogP contribution in [0.5, 0.6) is 0 Å². The summed E-state index contributed by atoms with van der Waals surface area (Å²) in [5, 5.41) is 14.7. The van der Waals surface area contributed by atoms with Gasteiger partial charge in [-0.25, -0.2) is 13.6 Å². The topological polar surface area (TPSA) is 103 Å². The number of nitro benzene ring substituents is 1. The molecule has 88 valence electrons. The molecule has 0 spiro atoms. The number of hydrogen-bond acceptors (Lipinski definition) is 4. The predicted octanol–water partition coefficient (Wildman–Crippen LogP) is 1.33. The van der Waals surface area contributed by atoms with E-state index in [9.17, 15) is 18.5 Å². The van der Waals surface area contributed by atoms with Crippen LogP contribution in [0.15, 0.2) is 24.3 Å². The molecule has 0 saturated heterocycles. The fraction of sp³-hybridized carbons (Fsp3) is 0.333. The van der Waals surface area contributed by atoms with Crippen molar-refractivity contribution < 1.29 is 13.3 Å². The van der Waals surface area contributed by atoms with Crippen molar-refractivity contribution in [1.82, 2.24) is 0 Å². The van der Waals surface area contributed by atoms with E-state index in [1.54, 1.807) is 6.92 Å². The summed E-state index contributed by atoms with van der Waals surface area (Å²) in [6.45, 7) is 1.69. The van der Waals surface area contributed by atoms with Gasteiger partial charge in [0.05, 0.1) is 10.2 Å². The first-order valence-corrected chi connectivity index (χ1v) is 6.23. The van der Waals surface area contributed by atoms with Gasteiger partial charge < -0.3 is 0 Å². The van der Waals surface area contributed by atoms with E-state index in [0.29, 0.717) is 12.0 Å². The van der Waals surface area contributed by atoms with Gasteiger partial charge in [-0.2, -0.15) is 0 Å². The molecule has 1 atom stereocenters. The minimum Gasteiger partial charge on any atom is -0.258 e. The minimum absolute atomic E-state index is 0.0759. The lowest BCUT2D eigenvalue weighted by Crippen LogP contribution is -2.21. The highest BCUT2D eigenvalue weighted by molar-refractivity contribution is 7.89. The summed E-state index contributed by atoms with van der Waals surface area (Å²) in [5.74, 6) is 0. The van der Waals surface area contributed by atoms with Crippen LogP contribution in [0.4, 0.5) is 5.69 Å². The monoisotopic (exact) mass is 244 g/mol. The van der Waals surface area contributed by atoms with Gasteiger partial charge in [0.15, 0.2) is 0 Å². The Bertz CT molecular complexity index is 481. The molecule has 0 aliphatic rings. The maximum Gasteiger partial charge on any atom is 0.269 e. The summed E-state index contributed by atoms with van der Waals surface area (Å²) >= 11 is 0. The predicted molar refractivity (Wildman–Crippen MR) is 59.2 cm³/mol. The van der Waals surface area contributed by atoms with E-state index in [1.807, 2.05) is 0 Å². The van der Waals surface area contributed by atoms with Gasteiger partial charge in [-0.15, -0.1) is 0 Å². The number of nitrogens with zero attached hydrogens (tertiary/aromatic N) is 1. The fourth-order valence-corrected chi connectivity index (χ4v) is 2.47. The van der Waals surface area contributed by atoms with Crippen molar-refractivity contribution in [3.05, 3.63) is 39.9 Å². The van der Waals surface area contributed by atoms with E-state index < -0.39 is 20.2 Å². The van der Waals surface area contributed by atoms with Crippen LogP contribution >= 0.6 is 0 Å². The highest BCUT2D eigenvalue weighted by Gasteiger charge is 2.21. The molecule has 0 aromatic heterocycles. The number of rotatable bonds is 4. The van der Waals surface area contributed by atoms with Gasteiger partial charge in [0.25, 0.3) is 5.69 Å². The highest BCUT2D eigenvalue weighted by atomic mass is 32.2. The average molecular weight is 244 g/mol. The molecule has 0 heterocycles. The van der Waals surface area contributed by atoms with E-state index in [-0.39, 0.29) is 5.69 Å². The summed E-state index contributed by atoms with van der Waals surface area (Å²) in [6, 6.07) is 5.36. The first-order chi connectivity index (χ1) is 7.36. The van der Waals surface area contributed by atoms with Crippen molar-refractivity contribution >= 4 is 15.7 Å². The van der Waals surface area contributed by atoms with Crippen molar-refractivity contribution in [2.45, 2.75) is 18.6 Å².